The summed E-state index contributed by atoms with van der Waals surface area (Å²) >= 11 is 0. The predicted molar refractivity (Wildman–Crippen MR) is 87.1 cm³/mol. The average molecular weight is 293 g/mol. The van der Waals surface area contributed by atoms with E-state index >= 15 is 0 Å². The van der Waals surface area contributed by atoms with Crippen LogP contribution in [0.2, 0.25) is 0 Å². The van der Waals surface area contributed by atoms with Crippen LogP contribution >= 0.6 is 0 Å². The van der Waals surface area contributed by atoms with Crippen molar-refractivity contribution < 1.29 is 14.2 Å². The summed E-state index contributed by atoms with van der Waals surface area (Å²) < 4.78 is 16.1. The maximum Gasteiger partial charge on any atom is 0.161 e. The minimum Gasteiger partial charge on any atom is -0.493 e. The lowest BCUT2D eigenvalue weighted by atomic mass is 10.0. The molecule has 0 aromatic heterocycles. The molecule has 4 nitrogen and oxygen atoms in total. The van der Waals surface area contributed by atoms with Crippen molar-refractivity contribution in [3.63, 3.8) is 0 Å². The Morgan fingerprint density at radius 1 is 1.10 bits per heavy atom. The van der Waals surface area contributed by atoms with Crippen molar-refractivity contribution in [2.24, 2.45) is 4.99 Å². The molecule has 0 unspecified atom stereocenters. The maximum absolute atomic E-state index is 5.75. The number of hydrogen-bond acceptors (Lipinski definition) is 4. The van der Waals surface area contributed by atoms with Crippen molar-refractivity contribution in [1.82, 2.24) is 0 Å². The van der Waals surface area contributed by atoms with Crippen LogP contribution in [-0.4, -0.2) is 40.2 Å². The first-order chi connectivity index (χ1) is 10.3. The summed E-state index contributed by atoms with van der Waals surface area (Å²) in [4.78, 5) is 4.27. The fourth-order valence-corrected chi connectivity index (χ4v) is 1.96. The van der Waals surface area contributed by atoms with Gasteiger partial charge in [-0.05, 0) is 29.7 Å². The van der Waals surface area contributed by atoms with E-state index in [0.29, 0.717) is 13.2 Å². The summed E-state index contributed by atoms with van der Waals surface area (Å²) in [6.07, 6.45) is 4.98. The van der Waals surface area contributed by atoms with Crippen molar-refractivity contribution >= 4 is 6.21 Å². The maximum atomic E-state index is 5.75. The first-order valence-electron chi connectivity index (χ1n) is 7.59. The number of nitrogens with zero attached hydrogens (tertiary/aromatic N) is 1. The minimum atomic E-state index is 0.636. The van der Waals surface area contributed by atoms with Crippen LogP contribution in [0, 0.1) is 0 Å². The fourth-order valence-electron chi connectivity index (χ4n) is 1.96. The third kappa shape index (κ3) is 5.76. The molecule has 1 aliphatic heterocycles. The summed E-state index contributed by atoms with van der Waals surface area (Å²) in [5.41, 5.74) is 2.40. The van der Waals surface area contributed by atoms with Crippen LogP contribution in [0.5, 0.6) is 11.5 Å². The van der Waals surface area contributed by atoms with E-state index in [0.717, 1.165) is 36.4 Å². The van der Waals surface area contributed by atoms with Crippen molar-refractivity contribution in [2.45, 2.75) is 33.1 Å². The molecule has 0 fully saturated rings. The van der Waals surface area contributed by atoms with E-state index < -0.39 is 0 Å². The van der Waals surface area contributed by atoms with Gasteiger partial charge in [0.15, 0.2) is 11.5 Å². The Kier molecular flexibility index (Phi) is 8.51. The van der Waals surface area contributed by atoms with E-state index in [2.05, 4.69) is 24.9 Å². The number of rotatable bonds is 6. The summed E-state index contributed by atoms with van der Waals surface area (Å²) in [5, 5.41) is 0. The molecule has 118 valence electrons. The second kappa shape index (κ2) is 10.2. The lowest BCUT2D eigenvalue weighted by Crippen LogP contribution is -2.07. The van der Waals surface area contributed by atoms with Gasteiger partial charge in [-0.25, -0.2) is 0 Å². The van der Waals surface area contributed by atoms with Crippen molar-refractivity contribution in [3.05, 3.63) is 23.3 Å². The quantitative estimate of drug-likeness (QED) is 0.754. The van der Waals surface area contributed by atoms with Crippen LogP contribution in [0.3, 0.4) is 0 Å². The van der Waals surface area contributed by atoms with E-state index in [1.807, 2.05) is 12.3 Å². The van der Waals surface area contributed by atoms with Crippen LogP contribution < -0.4 is 9.47 Å². The molecule has 0 spiro atoms. The largest absolute Gasteiger partial charge is 0.493 e. The molecule has 0 bridgehead atoms. The van der Waals surface area contributed by atoms with Gasteiger partial charge in [0, 0.05) is 32.9 Å². The standard InChI is InChI=1S/C14H19NO3.C3H8/c1-16-6-3-7-18-14-8-11-4-5-15-10-12(11)9-13(14)17-2;1-3-2/h8-10H,3-7H2,1-2H3;3H2,1-2H3. The van der Waals surface area contributed by atoms with Gasteiger partial charge in [-0.15, -0.1) is 0 Å². The molecule has 21 heavy (non-hydrogen) atoms. The van der Waals surface area contributed by atoms with Crippen LogP contribution in [0.25, 0.3) is 0 Å². The molecule has 0 saturated carbocycles. The smallest absolute Gasteiger partial charge is 0.161 e. The van der Waals surface area contributed by atoms with Crippen LogP contribution in [0.4, 0.5) is 0 Å². The summed E-state index contributed by atoms with van der Waals surface area (Å²) in [6.45, 7) is 6.44. The van der Waals surface area contributed by atoms with E-state index in [4.69, 9.17) is 14.2 Å². The third-order valence-corrected chi connectivity index (χ3v) is 2.92. The van der Waals surface area contributed by atoms with Crippen molar-refractivity contribution in [3.8, 4) is 11.5 Å². The summed E-state index contributed by atoms with van der Waals surface area (Å²) in [5.74, 6) is 1.57. The molecule has 0 aliphatic carbocycles. The molecule has 0 radical (unpaired) electrons. The van der Waals surface area contributed by atoms with Crippen molar-refractivity contribution in [2.75, 3.05) is 34.0 Å². The molecule has 2 rings (SSSR count). The van der Waals surface area contributed by atoms with Crippen molar-refractivity contribution in [1.29, 1.82) is 0 Å². The monoisotopic (exact) mass is 293 g/mol. The SMILES string of the molecule is CCC.COCCCOc1cc2c(cc1OC)C=NCC2. The Balaban J connectivity index is 0.000000677. The molecule has 1 aliphatic rings. The van der Waals surface area contributed by atoms with Crippen LogP contribution in [0.1, 0.15) is 37.8 Å². The highest BCUT2D eigenvalue weighted by Crippen LogP contribution is 2.31. The van der Waals surface area contributed by atoms with E-state index in [-0.39, 0.29) is 0 Å². The number of benzene rings is 1. The average Bonchev–Trinajstić information content (AvgIpc) is 2.51. The molecule has 1 aromatic rings. The van der Waals surface area contributed by atoms with E-state index in [9.17, 15) is 0 Å². The number of ether oxygens (including phenoxy) is 3. The highest BCUT2D eigenvalue weighted by Gasteiger charge is 2.12. The van der Waals surface area contributed by atoms with Gasteiger partial charge >= 0.3 is 0 Å². The van der Waals surface area contributed by atoms with Gasteiger partial charge in [0.1, 0.15) is 0 Å². The molecule has 4 heteroatoms. The number of aliphatic imine (C=N–C) groups is 1. The number of hydrogen-bond donors (Lipinski definition) is 0. The molecule has 1 aromatic carbocycles. The Morgan fingerprint density at radius 3 is 2.52 bits per heavy atom. The first kappa shape index (κ1) is 17.5. The van der Waals surface area contributed by atoms with Crippen LogP contribution in [0.15, 0.2) is 17.1 Å². The first-order valence-corrected chi connectivity index (χ1v) is 7.59. The fraction of sp³-hybridized carbons (Fsp3) is 0.588. The van der Waals surface area contributed by atoms with Gasteiger partial charge in [0.05, 0.1) is 13.7 Å². The topological polar surface area (TPSA) is 40.0 Å². The zero-order chi connectivity index (χ0) is 15.5. The van der Waals surface area contributed by atoms with E-state index in [1.165, 1.54) is 12.0 Å². The molecule has 0 N–H and O–H groups in total. The number of fused-ring (bicyclic) bond motifs is 1. The highest BCUT2D eigenvalue weighted by atomic mass is 16.5. The number of methoxy groups -OCH3 is 2. The molecular formula is C17H27NO3. The lowest BCUT2D eigenvalue weighted by molar-refractivity contribution is 0.170. The van der Waals surface area contributed by atoms with Gasteiger partial charge < -0.3 is 14.2 Å². The Morgan fingerprint density at radius 2 is 1.86 bits per heavy atom. The van der Waals surface area contributed by atoms with Gasteiger partial charge in [0.2, 0.25) is 0 Å². The summed E-state index contributed by atoms with van der Waals surface area (Å²) in [6, 6.07) is 4.05. The van der Waals surface area contributed by atoms with Crippen LogP contribution in [-0.2, 0) is 11.2 Å². The highest BCUT2D eigenvalue weighted by molar-refractivity contribution is 5.84. The second-order valence-corrected chi connectivity index (χ2v) is 4.89. The molecule has 0 saturated heterocycles. The Bertz CT molecular complexity index is 444. The molecule has 0 amide bonds. The molecule has 1 heterocycles. The lowest BCUT2D eigenvalue weighted by Gasteiger charge is -2.16. The van der Waals surface area contributed by atoms with Gasteiger partial charge in [-0.3, -0.25) is 4.99 Å². The van der Waals surface area contributed by atoms with E-state index in [1.54, 1.807) is 14.2 Å². The molecular weight excluding hydrogens is 266 g/mol. The Labute approximate surface area is 128 Å². The zero-order valence-electron chi connectivity index (χ0n) is 13.6. The third-order valence-electron chi connectivity index (χ3n) is 2.92. The second-order valence-electron chi connectivity index (χ2n) is 4.89. The predicted octanol–water partition coefficient (Wildman–Crippen LogP) is 3.50. The zero-order valence-corrected chi connectivity index (χ0v) is 13.6. The van der Waals surface area contributed by atoms with Gasteiger partial charge in [-0.2, -0.15) is 0 Å². The normalized spacial score (nSPS) is 12.2. The minimum absolute atomic E-state index is 0.636. The summed E-state index contributed by atoms with van der Waals surface area (Å²) in [7, 11) is 3.35. The molecule has 0 atom stereocenters. The Hall–Kier alpha value is -1.55. The van der Waals surface area contributed by atoms with Gasteiger partial charge in [0.25, 0.3) is 0 Å². The van der Waals surface area contributed by atoms with Gasteiger partial charge in [-0.1, -0.05) is 20.3 Å².